The Morgan fingerprint density at radius 1 is 1.21 bits per heavy atom. The number of carbonyl (C=O) groups is 2. The lowest BCUT2D eigenvalue weighted by Crippen LogP contribution is -2.36. The molecule has 0 bridgehead atoms. The second-order valence-electron chi connectivity index (χ2n) is 6.74. The second kappa shape index (κ2) is 5.92. The molecule has 2 amide bonds. The number of H-pyrrole nitrogens is 1. The summed E-state index contributed by atoms with van der Waals surface area (Å²) in [5.74, 6) is 0.333. The largest absolute Gasteiger partial charge is 0.351 e. The van der Waals surface area contributed by atoms with Gasteiger partial charge in [-0.3, -0.25) is 9.59 Å². The van der Waals surface area contributed by atoms with Gasteiger partial charge in [-0.25, -0.2) is 4.39 Å². The summed E-state index contributed by atoms with van der Waals surface area (Å²) >= 11 is 0. The first-order valence-corrected chi connectivity index (χ1v) is 8.45. The number of amides is 2. The van der Waals surface area contributed by atoms with Gasteiger partial charge in [0.25, 0.3) is 5.91 Å². The molecule has 1 aliphatic carbocycles. The Morgan fingerprint density at radius 2 is 2.04 bits per heavy atom. The van der Waals surface area contributed by atoms with E-state index < -0.39 is 0 Å². The van der Waals surface area contributed by atoms with Gasteiger partial charge in [-0.15, -0.1) is 0 Å². The maximum Gasteiger partial charge on any atom is 0.270 e. The van der Waals surface area contributed by atoms with E-state index >= 15 is 0 Å². The van der Waals surface area contributed by atoms with E-state index in [1.165, 1.54) is 25.0 Å². The molecule has 1 saturated carbocycles. The minimum atomic E-state index is -0.323. The van der Waals surface area contributed by atoms with Crippen molar-refractivity contribution < 1.29 is 14.0 Å². The molecule has 2 aliphatic rings. The first-order chi connectivity index (χ1) is 11.6. The minimum absolute atomic E-state index is 0.132. The van der Waals surface area contributed by atoms with Crippen molar-refractivity contribution in [1.82, 2.24) is 14.8 Å². The second-order valence-corrected chi connectivity index (χ2v) is 6.74. The molecule has 2 fully saturated rings. The van der Waals surface area contributed by atoms with Gasteiger partial charge in [0.15, 0.2) is 0 Å². The van der Waals surface area contributed by atoms with E-state index in [0.717, 1.165) is 12.1 Å². The average molecular weight is 329 g/mol. The van der Waals surface area contributed by atoms with Crippen LogP contribution in [0, 0.1) is 11.7 Å². The minimum Gasteiger partial charge on any atom is -0.351 e. The third-order valence-corrected chi connectivity index (χ3v) is 4.86. The number of benzene rings is 1. The molecule has 1 saturated heterocycles. The Kier molecular flexibility index (Phi) is 3.75. The number of fused-ring (bicyclic) bond motifs is 1. The molecule has 1 aliphatic heterocycles. The Labute approximate surface area is 139 Å². The lowest BCUT2D eigenvalue weighted by molar-refractivity contribution is -0.130. The van der Waals surface area contributed by atoms with Crippen LogP contribution in [0.2, 0.25) is 0 Å². The van der Waals surface area contributed by atoms with E-state index in [1.54, 1.807) is 17.0 Å². The SMILES string of the molecule is O=C1CCN(C(=O)c2cc3cc(F)ccc3[nH]2)CCN1CC1CC1. The van der Waals surface area contributed by atoms with Crippen molar-refractivity contribution in [2.24, 2.45) is 5.92 Å². The predicted octanol–water partition coefficient (Wildman–Crippen LogP) is 2.39. The fourth-order valence-electron chi connectivity index (χ4n) is 3.26. The molecule has 126 valence electrons. The van der Waals surface area contributed by atoms with Crippen molar-refractivity contribution in [1.29, 1.82) is 0 Å². The maximum absolute atomic E-state index is 13.3. The number of nitrogens with one attached hydrogen (secondary N) is 1. The zero-order valence-corrected chi connectivity index (χ0v) is 13.4. The van der Waals surface area contributed by atoms with Crippen molar-refractivity contribution in [3.05, 3.63) is 35.8 Å². The van der Waals surface area contributed by atoms with Gasteiger partial charge < -0.3 is 14.8 Å². The molecule has 0 atom stereocenters. The Balaban J connectivity index is 1.49. The van der Waals surface area contributed by atoms with Crippen LogP contribution in [0.4, 0.5) is 4.39 Å². The normalized spacial score (nSPS) is 19.0. The number of hydrogen-bond donors (Lipinski definition) is 1. The summed E-state index contributed by atoms with van der Waals surface area (Å²) in [6, 6.07) is 6.08. The molecule has 5 nitrogen and oxygen atoms in total. The highest BCUT2D eigenvalue weighted by Crippen LogP contribution is 2.30. The molecule has 0 spiro atoms. The zero-order valence-electron chi connectivity index (χ0n) is 13.4. The molecular formula is C18H20FN3O2. The fourth-order valence-corrected chi connectivity index (χ4v) is 3.26. The number of nitrogens with zero attached hydrogens (tertiary/aromatic N) is 2. The lowest BCUT2D eigenvalue weighted by atomic mass is 10.2. The van der Waals surface area contributed by atoms with Crippen LogP contribution in [0.3, 0.4) is 0 Å². The van der Waals surface area contributed by atoms with Crippen LogP contribution in [-0.4, -0.2) is 52.8 Å². The molecule has 0 unspecified atom stereocenters. The molecule has 24 heavy (non-hydrogen) atoms. The fraction of sp³-hybridized carbons (Fsp3) is 0.444. The van der Waals surface area contributed by atoms with E-state index in [4.69, 9.17) is 0 Å². The summed E-state index contributed by atoms with van der Waals surface area (Å²) in [7, 11) is 0. The molecule has 4 rings (SSSR count). The molecule has 2 heterocycles. The van der Waals surface area contributed by atoms with Crippen LogP contribution in [-0.2, 0) is 4.79 Å². The van der Waals surface area contributed by atoms with Crippen molar-refractivity contribution in [2.75, 3.05) is 26.2 Å². The van der Waals surface area contributed by atoms with E-state index in [0.29, 0.717) is 43.1 Å². The van der Waals surface area contributed by atoms with E-state index in [1.807, 2.05) is 4.90 Å². The van der Waals surface area contributed by atoms with Crippen molar-refractivity contribution >= 4 is 22.7 Å². The number of halogens is 1. The quantitative estimate of drug-likeness (QED) is 0.940. The monoisotopic (exact) mass is 329 g/mol. The van der Waals surface area contributed by atoms with Crippen molar-refractivity contribution in [3.8, 4) is 0 Å². The highest BCUT2D eigenvalue weighted by Gasteiger charge is 2.30. The molecular weight excluding hydrogens is 309 g/mol. The molecule has 1 aromatic carbocycles. The topological polar surface area (TPSA) is 56.4 Å². The van der Waals surface area contributed by atoms with Crippen LogP contribution >= 0.6 is 0 Å². The average Bonchev–Trinajstić information content (AvgIpc) is 3.32. The van der Waals surface area contributed by atoms with Crippen LogP contribution in [0.1, 0.15) is 29.8 Å². The maximum atomic E-state index is 13.3. The van der Waals surface area contributed by atoms with Gasteiger partial charge in [0.05, 0.1) is 0 Å². The predicted molar refractivity (Wildman–Crippen MR) is 88.1 cm³/mol. The summed E-state index contributed by atoms with van der Waals surface area (Å²) in [6.45, 7) is 2.39. The Morgan fingerprint density at radius 3 is 2.83 bits per heavy atom. The molecule has 1 N–H and O–H groups in total. The first-order valence-electron chi connectivity index (χ1n) is 8.45. The number of rotatable bonds is 3. The van der Waals surface area contributed by atoms with Gasteiger partial charge in [0.2, 0.25) is 5.91 Å². The summed E-state index contributed by atoms with van der Waals surface area (Å²) in [6.07, 6.45) is 2.78. The van der Waals surface area contributed by atoms with Crippen molar-refractivity contribution in [3.63, 3.8) is 0 Å². The van der Waals surface area contributed by atoms with Gasteiger partial charge in [-0.2, -0.15) is 0 Å². The summed E-state index contributed by atoms with van der Waals surface area (Å²) in [5, 5.41) is 0.680. The highest BCUT2D eigenvalue weighted by atomic mass is 19.1. The van der Waals surface area contributed by atoms with Crippen LogP contribution in [0.15, 0.2) is 24.3 Å². The van der Waals surface area contributed by atoms with Gasteiger partial charge in [0.1, 0.15) is 11.5 Å². The third kappa shape index (κ3) is 3.00. The molecule has 6 heteroatoms. The van der Waals surface area contributed by atoms with Gasteiger partial charge in [-0.1, -0.05) is 0 Å². The third-order valence-electron chi connectivity index (χ3n) is 4.86. The molecule has 0 radical (unpaired) electrons. The van der Waals surface area contributed by atoms with Crippen LogP contribution in [0.25, 0.3) is 10.9 Å². The van der Waals surface area contributed by atoms with Gasteiger partial charge in [-0.05, 0) is 43.0 Å². The smallest absolute Gasteiger partial charge is 0.270 e. The van der Waals surface area contributed by atoms with Crippen molar-refractivity contribution in [2.45, 2.75) is 19.3 Å². The Bertz CT molecular complexity index is 797. The summed E-state index contributed by atoms with van der Waals surface area (Å²) < 4.78 is 13.3. The number of carbonyl (C=O) groups excluding carboxylic acids is 2. The first kappa shape index (κ1) is 15.2. The zero-order chi connectivity index (χ0) is 16.7. The van der Waals surface area contributed by atoms with Gasteiger partial charge in [0, 0.05) is 43.5 Å². The van der Waals surface area contributed by atoms with E-state index in [2.05, 4.69) is 4.98 Å². The van der Waals surface area contributed by atoms with E-state index in [-0.39, 0.29) is 17.6 Å². The van der Waals surface area contributed by atoms with Crippen LogP contribution in [0.5, 0.6) is 0 Å². The van der Waals surface area contributed by atoms with E-state index in [9.17, 15) is 14.0 Å². The number of aromatic nitrogens is 1. The summed E-state index contributed by atoms with van der Waals surface area (Å²) in [4.78, 5) is 31.6. The summed E-state index contributed by atoms with van der Waals surface area (Å²) in [5.41, 5.74) is 1.18. The standard InChI is InChI=1S/C18H20FN3O2/c19-14-3-4-15-13(9-14)10-16(20-15)18(24)21-6-5-17(23)22(8-7-21)11-12-1-2-12/h3-4,9-10,12,20H,1-2,5-8,11H2. The number of hydrogen-bond acceptors (Lipinski definition) is 2. The highest BCUT2D eigenvalue weighted by molar-refractivity contribution is 5.98. The number of aromatic amines is 1. The van der Waals surface area contributed by atoms with Gasteiger partial charge >= 0.3 is 0 Å². The van der Waals surface area contributed by atoms with Crippen LogP contribution < -0.4 is 0 Å². The lowest BCUT2D eigenvalue weighted by Gasteiger charge is -2.21. The Hall–Kier alpha value is -2.37. The molecule has 2 aromatic rings. The molecule has 1 aromatic heterocycles.